The Hall–Kier alpha value is -1.58. The highest BCUT2D eigenvalue weighted by atomic mass is 19.1. The number of carbonyl (C=O) groups excluding carboxylic acids is 1. The second kappa shape index (κ2) is 6.25. The maximum atomic E-state index is 13.1. The van der Waals surface area contributed by atoms with Crippen molar-refractivity contribution in [2.75, 3.05) is 13.1 Å². The van der Waals surface area contributed by atoms with Gasteiger partial charge in [0.15, 0.2) is 6.10 Å². The molecule has 110 valence electrons. The third-order valence-electron chi connectivity index (χ3n) is 3.64. The molecule has 0 aromatic heterocycles. The summed E-state index contributed by atoms with van der Waals surface area (Å²) in [6.07, 6.45) is 0.567. The van der Waals surface area contributed by atoms with E-state index in [4.69, 9.17) is 4.74 Å². The van der Waals surface area contributed by atoms with Crippen molar-refractivity contribution in [3.8, 4) is 5.75 Å². The van der Waals surface area contributed by atoms with Gasteiger partial charge in [0, 0.05) is 19.2 Å². The molecule has 20 heavy (non-hydrogen) atoms. The first kappa shape index (κ1) is 14.8. The van der Waals surface area contributed by atoms with Gasteiger partial charge in [0.25, 0.3) is 5.91 Å². The molecule has 1 heterocycles. The van der Waals surface area contributed by atoms with Gasteiger partial charge in [-0.05, 0) is 37.3 Å². The van der Waals surface area contributed by atoms with Crippen molar-refractivity contribution in [3.05, 3.63) is 30.1 Å². The van der Waals surface area contributed by atoms with E-state index in [9.17, 15) is 9.18 Å². The first-order valence-corrected chi connectivity index (χ1v) is 7.16. The zero-order valence-electron chi connectivity index (χ0n) is 12.3. The van der Waals surface area contributed by atoms with Crippen molar-refractivity contribution < 1.29 is 13.9 Å². The van der Waals surface area contributed by atoms with E-state index in [0.717, 1.165) is 19.5 Å². The number of amides is 1. The molecule has 0 saturated carbocycles. The van der Waals surface area contributed by atoms with E-state index in [2.05, 4.69) is 13.8 Å². The van der Waals surface area contributed by atoms with Crippen molar-refractivity contribution >= 4 is 5.91 Å². The molecule has 3 unspecified atom stereocenters. The Bertz CT molecular complexity index is 467. The van der Waals surface area contributed by atoms with Crippen LogP contribution >= 0.6 is 0 Å². The molecule has 1 saturated heterocycles. The summed E-state index contributed by atoms with van der Waals surface area (Å²) < 4.78 is 18.6. The second-order valence-electron chi connectivity index (χ2n) is 5.91. The minimum atomic E-state index is -0.589. The van der Waals surface area contributed by atoms with Crippen LogP contribution in [0.3, 0.4) is 0 Å². The van der Waals surface area contributed by atoms with Gasteiger partial charge in [-0.2, -0.15) is 0 Å². The van der Waals surface area contributed by atoms with Gasteiger partial charge in [-0.25, -0.2) is 4.39 Å². The molecule has 3 nitrogen and oxygen atoms in total. The van der Waals surface area contributed by atoms with Crippen molar-refractivity contribution in [2.24, 2.45) is 11.8 Å². The molecule has 0 radical (unpaired) electrons. The van der Waals surface area contributed by atoms with Crippen LogP contribution in [0.4, 0.5) is 4.39 Å². The number of nitrogens with zero attached hydrogens (tertiary/aromatic N) is 1. The van der Waals surface area contributed by atoms with Gasteiger partial charge >= 0.3 is 0 Å². The monoisotopic (exact) mass is 279 g/mol. The molecule has 1 aromatic carbocycles. The lowest BCUT2D eigenvalue weighted by molar-refractivity contribution is -0.140. The summed E-state index contributed by atoms with van der Waals surface area (Å²) in [7, 11) is 0. The number of piperidine rings is 1. The van der Waals surface area contributed by atoms with Gasteiger partial charge in [-0.1, -0.05) is 19.9 Å². The zero-order valence-corrected chi connectivity index (χ0v) is 12.3. The predicted octanol–water partition coefficient (Wildman–Crippen LogP) is 3.10. The molecule has 1 aliphatic heterocycles. The number of rotatable bonds is 3. The molecule has 4 heteroatoms. The van der Waals surface area contributed by atoms with Crippen molar-refractivity contribution in [1.82, 2.24) is 4.90 Å². The molecule has 2 rings (SSSR count). The molecule has 0 spiro atoms. The number of ether oxygens (including phenoxy) is 1. The molecule has 0 N–H and O–H groups in total. The third kappa shape index (κ3) is 3.71. The lowest BCUT2D eigenvalue weighted by Gasteiger charge is -2.36. The number of likely N-dealkylation sites (tertiary alicyclic amines) is 1. The number of benzene rings is 1. The summed E-state index contributed by atoms with van der Waals surface area (Å²) in [5.74, 6) is 1.05. The SMILES string of the molecule is CC1CC(C)CN(C(=O)C(C)Oc2cccc(F)c2)C1. The van der Waals surface area contributed by atoms with Crippen molar-refractivity contribution in [2.45, 2.75) is 33.3 Å². The average molecular weight is 279 g/mol. The quantitative estimate of drug-likeness (QED) is 0.851. The minimum absolute atomic E-state index is 0.0207. The lowest BCUT2D eigenvalue weighted by Crippen LogP contribution is -2.47. The Morgan fingerprint density at radius 1 is 1.35 bits per heavy atom. The van der Waals surface area contributed by atoms with E-state index in [1.165, 1.54) is 12.1 Å². The Balaban J connectivity index is 1.98. The van der Waals surface area contributed by atoms with E-state index >= 15 is 0 Å². The zero-order chi connectivity index (χ0) is 14.7. The largest absolute Gasteiger partial charge is 0.481 e. The van der Waals surface area contributed by atoms with Crippen LogP contribution in [-0.4, -0.2) is 30.0 Å². The fraction of sp³-hybridized carbons (Fsp3) is 0.562. The Morgan fingerprint density at radius 2 is 2.00 bits per heavy atom. The summed E-state index contributed by atoms with van der Waals surface area (Å²) in [4.78, 5) is 14.2. The summed E-state index contributed by atoms with van der Waals surface area (Å²) in [5.41, 5.74) is 0. The topological polar surface area (TPSA) is 29.5 Å². The normalized spacial score (nSPS) is 24.3. The minimum Gasteiger partial charge on any atom is -0.481 e. The van der Waals surface area contributed by atoms with Gasteiger partial charge < -0.3 is 9.64 Å². The summed E-state index contributed by atoms with van der Waals surface area (Å²) in [5, 5.41) is 0. The van der Waals surface area contributed by atoms with Crippen LogP contribution in [0.15, 0.2) is 24.3 Å². The fourth-order valence-corrected chi connectivity index (χ4v) is 2.89. The first-order chi connectivity index (χ1) is 9.45. The van der Waals surface area contributed by atoms with Crippen molar-refractivity contribution in [3.63, 3.8) is 0 Å². The Labute approximate surface area is 119 Å². The highest BCUT2D eigenvalue weighted by Gasteiger charge is 2.29. The number of halogens is 1. The van der Waals surface area contributed by atoms with E-state index < -0.39 is 6.10 Å². The molecule has 1 amide bonds. The van der Waals surface area contributed by atoms with Gasteiger partial charge in [0.05, 0.1) is 0 Å². The van der Waals surface area contributed by atoms with Gasteiger partial charge in [0.2, 0.25) is 0 Å². The van der Waals surface area contributed by atoms with Crippen LogP contribution in [-0.2, 0) is 4.79 Å². The maximum Gasteiger partial charge on any atom is 0.263 e. The standard InChI is InChI=1S/C16H22FNO2/c1-11-7-12(2)10-18(9-11)16(19)13(3)20-15-6-4-5-14(17)8-15/h4-6,8,11-13H,7,9-10H2,1-3H3. The Kier molecular flexibility index (Phi) is 4.63. The molecule has 0 bridgehead atoms. The van der Waals surface area contributed by atoms with Crippen LogP contribution in [0.25, 0.3) is 0 Å². The van der Waals surface area contributed by atoms with E-state index in [0.29, 0.717) is 17.6 Å². The van der Waals surface area contributed by atoms with E-state index in [1.54, 1.807) is 19.1 Å². The van der Waals surface area contributed by atoms with Gasteiger partial charge in [-0.15, -0.1) is 0 Å². The highest BCUT2D eigenvalue weighted by Crippen LogP contribution is 2.22. The van der Waals surface area contributed by atoms with Crippen molar-refractivity contribution in [1.29, 1.82) is 0 Å². The summed E-state index contributed by atoms with van der Waals surface area (Å²) in [6, 6.07) is 5.89. The molecular formula is C16H22FNO2. The molecule has 3 atom stereocenters. The molecular weight excluding hydrogens is 257 g/mol. The fourth-order valence-electron chi connectivity index (χ4n) is 2.89. The van der Waals surface area contributed by atoms with Crippen LogP contribution in [0, 0.1) is 17.7 Å². The molecule has 1 aliphatic rings. The summed E-state index contributed by atoms with van der Waals surface area (Å²) in [6.45, 7) is 7.60. The van der Waals surface area contributed by atoms with E-state index in [-0.39, 0.29) is 11.7 Å². The maximum absolute atomic E-state index is 13.1. The van der Waals surface area contributed by atoms with Crippen LogP contribution in [0.5, 0.6) is 5.75 Å². The lowest BCUT2D eigenvalue weighted by atomic mass is 9.91. The van der Waals surface area contributed by atoms with Crippen LogP contribution in [0.1, 0.15) is 27.2 Å². The smallest absolute Gasteiger partial charge is 0.263 e. The number of hydrogen-bond acceptors (Lipinski definition) is 2. The van der Waals surface area contributed by atoms with E-state index in [1.807, 2.05) is 4.90 Å². The van der Waals surface area contributed by atoms with Crippen LogP contribution in [0.2, 0.25) is 0 Å². The second-order valence-corrected chi connectivity index (χ2v) is 5.91. The van der Waals surface area contributed by atoms with Crippen LogP contribution < -0.4 is 4.74 Å². The molecule has 0 aliphatic carbocycles. The van der Waals surface area contributed by atoms with Gasteiger partial charge in [-0.3, -0.25) is 4.79 Å². The first-order valence-electron chi connectivity index (χ1n) is 7.16. The highest BCUT2D eigenvalue weighted by molar-refractivity contribution is 5.81. The third-order valence-corrected chi connectivity index (χ3v) is 3.64. The molecule has 1 aromatic rings. The predicted molar refractivity (Wildman–Crippen MR) is 76.0 cm³/mol. The molecule has 1 fully saturated rings. The Morgan fingerprint density at radius 3 is 2.60 bits per heavy atom. The van der Waals surface area contributed by atoms with Gasteiger partial charge in [0.1, 0.15) is 11.6 Å². The summed E-state index contributed by atoms with van der Waals surface area (Å²) >= 11 is 0. The average Bonchev–Trinajstić information content (AvgIpc) is 2.36. The number of hydrogen-bond donors (Lipinski definition) is 0. The number of carbonyl (C=O) groups is 1.